The lowest BCUT2D eigenvalue weighted by Gasteiger charge is -2.28. The van der Waals surface area contributed by atoms with Crippen LogP contribution in [0.3, 0.4) is 0 Å². The zero-order valence-corrected chi connectivity index (χ0v) is 27.6. The first-order valence-electron chi connectivity index (χ1n) is 14.7. The number of amides is 1. The van der Waals surface area contributed by atoms with Crippen LogP contribution < -0.4 is 0 Å². The number of carbonyl (C=O) groups is 2. The first-order chi connectivity index (χ1) is 21.3. The molecule has 11 heteroatoms. The number of benzene rings is 3. The summed E-state index contributed by atoms with van der Waals surface area (Å²) in [5.41, 5.74) is 5.96. The lowest BCUT2D eigenvalue weighted by molar-refractivity contribution is -0.160. The van der Waals surface area contributed by atoms with E-state index in [0.717, 1.165) is 60.5 Å². The molecule has 0 saturated carbocycles. The van der Waals surface area contributed by atoms with Gasteiger partial charge in [0.05, 0.1) is 34.1 Å². The Morgan fingerprint density at radius 1 is 1.11 bits per heavy atom. The highest BCUT2D eigenvalue weighted by molar-refractivity contribution is 7.22. The van der Waals surface area contributed by atoms with Crippen molar-refractivity contribution in [2.24, 2.45) is 7.05 Å². The van der Waals surface area contributed by atoms with E-state index in [1.54, 1.807) is 17.0 Å². The van der Waals surface area contributed by atoms with E-state index in [9.17, 15) is 14.7 Å². The normalized spacial score (nSPS) is 16.1. The molecule has 1 saturated heterocycles. The molecule has 2 atom stereocenters. The second-order valence-electron chi connectivity index (χ2n) is 12.4. The number of nitrogens with zero attached hydrogens (tertiary/aromatic N) is 4. The van der Waals surface area contributed by atoms with E-state index in [-0.39, 0.29) is 12.0 Å². The number of likely N-dealkylation sites (tertiary alicyclic amines) is 1. The van der Waals surface area contributed by atoms with E-state index in [1.165, 1.54) is 18.4 Å². The molecular weight excluding hydrogens is 612 g/mol. The molecule has 234 valence electrons. The van der Waals surface area contributed by atoms with Gasteiger partial charge in [0, 0.05) is 53.2 Å². The number of thiazole rings is 1. The van der Waals surface area contributed by atoms with Crippen molar-refractivity contribution in [2.75, 3.05) is 20.2 Å². The number of hydrogen-bond acceptors (Lipinski definition) is 7. The fourth-order valence-corrected chi connectivity index (χ4v) is 7.41. The Hall–Kier alpha value is -3.99. The van der Waals surface area contributed by atoms with Crippen LogP contribution in [0.4, 0.5) is 4.79 Å². The van der Waals surface area contributed by atoms with Crippen LogP contribution in [0, 0.1) is 6.92 Å². The van der Waals surface area contributed by atoms with Crippen LogP contribution >= 0.6 is 22.9 Å². The third-order valence-corrected chi connectivity index (χ3v) is 9.54. The predicted molar refractivity (Wildman–Crippen MR) is 177 cm³/mol. The molecule has 2 aromatic heterocycles. The van der Waals surface area contributed by atoms with E-state index in [0.29, 0.717) is 23.7 Å². The van der Waals surface area contributed by atoms with E-state index in [1.807, 2.05) is 63.7 Å². The van der Waals surface area contributed by atoms with E-state index in [2.05, 4.69) is 12.1 Å². The molecule has 0 aliphatic carbocycles. The average Bonchev–Trinajstić information content (AvgIpc) is 3.72. The van der Waals surface area contributed by atoms with Crippen LogP contribution in [-0.2, 0) is 21.3 Å². The summed E-state index contributed by atoms with van der Waals surface area (Å²) < 4.78 is 13.8. The predicted octanol–water partition coefficient (Wildman–Crippen LogP) is 7.98. The summed E-state index contributed by atoms with van der Waals surface area (Å²) in [6.07, 6.45) is -0.700. The van der Waals surface area contributed by atoms with Crippen molar-refractivity contribution in [3.63, 3.8) is 0 Å². The van der Waals surface area contributed by atoms with Gasteiger partial charge in [-0.2, -0.15) is 5.10 Å². The summed E-state index contributed by atoms with van der Waals surface area (Å²) in [7, 11) is 3.33. The second kappa shape index (κ2) is 11.7. The number of halogens is 1. The smallest absolute Gasteiger partial charge is 0.409 e. The average molecular weight is 647 g/mol. The molecule has 3 aromatic carbocycles. The monoisotopic (exact) mass is 646 g/mol. The minimum Gasteiger partial charge on any atom is -0.479 e. The Morgan fingerprint density at radius 3 is 2.49 bits per heavy atom. The van der Waals surface area contributed by atoms with E-state index in [4.69, 9.17) is 31.2 Å². The Balaban J connectivity index is 1.51. The molecule has 6 rings (SSSR count). The first kappa shape index (κ1) is 31.0. The third kappa shape index (κ3) is 5.90. The van der Waals surface area contributed by atoms with E-state index >= 15 is 0 Å². The molecule has 1 N–H and O–H groups in total. The highest BCUT2D eigenvalue weighted by Gasteiger charge is 2.33. The number of methoxy groups -OCH3 is 1. The standard InChI is InChI=1S/C34H35ClN4O5S/c1-18-15-24-30(27(19-7-10-22(35)11-8-19)26(18)29(32(40)41)44-34(2,3)4)45-31(36-24)20-9-12-25-23(16-20)28(37-38(25)5)21-13-14-39(17-21)33(42)43-6/h7-12,15-16,21,29H,13-14,17H2,1-6H3,(H,40,41). The zero-order chi connectivity index (χ0) is 32.2. The van der Waals surface area contributed by atoms with Gasteiger partial charge in [-0.15, -0.1) is 11.3 Å². The number of aromatic nitrogens is 3. The molecule has 1 aliphatic rings. The second-order valence-corrected chi connectivity index (χ2v) is 13.9. The minimum atomic E-state index is -1.18. The van der Waals surface area contributed by atoms with Gasteiger partial charge in [0.25, 0.3) is 0 Å². The van der Waals surface area contributed by atoms with Gasteiger partial charge in [0.1, 0.15) is 5.01 Å². The van der Waals surface area contributed by atoms with Crippen molar-refractivity contribution >= 4 is 56.1 Å². The van der Waals surface area contributed by atoms with Crippen molar-refractivity contribution in [2.45, 2.75) is 51.7 Å². The molecule has 1 aliphatic heterocycles. The van der Waals surface area contributed by atoms with Gasteiger partial charge < -0.3 is 19.5 Å². The molecule has 1 fully saturated rings. The molecule has 9 nitrogen and oxygen atoms in total. The molecule has 2 unspecified atom stereocenters. The molecule has 0 spiro atoms. The summed E-state index contributed by atoms with van der Waals surface area (Å²) in [4.78, 5) is 31.6. The van der Waals surface area contributed by atoms with Gasteiger partial charge in [0.2, 0.25) is 0 Å². The molecule has 3 heterocycles. The lowest BCUT2D eigenvalue weighted by Crippen LogP contribution is -2.28. The topological polar surface area (TPSA) is 107 Å². The van der Waals surface area contributed by atoms with E-state index < -0.39 is 17.7 Å². The van der Waals surface area contributed by atoms with Crippen molar-refractivity contribution in [3.05, 3.63) is 70.4 Å². The molecule has 0 bridgehead atoms. The zero-order valence-electron chi connectivity index (χ0n) is 26.1. The SMILES string of the molecule is COC(=O)N1CCC(c2nn(C)c3ccc(-c4nc5cc(C)c(C(OC(C)(C)C)C(=O)O)c(-c6ccc(Cl)cc6)c5s4)cc23)C1. The van der Waals surface area contributed by atoms with Crippen LogP contribution in [-0.4, -0.2) is 62.6 Å². The fraction of sp³-hybridized carbons (Fsp3) is 0.353. The molecule has 5 aromatic rings. The number of hydrogen-bond donors (Lipinski definition) is 1. The number of aryl methyl sites for hydroxylation is 2. The van der Waals surface area contributed by atoms with Crippen LogP contribution in [0.2, 0.25) is 5.02 Å². The number of rotatable bonds is 6. The van der Waals surface area contributed by atoms with Gasteiger partial charge in [-0.05, 0) is 81.6 Å². The van der Waals surface area contributed by atoms with Crippen LogP contribution in [0.25, 0.3) is 42.8 Å². The molecule has 45 heavy (non-hydrogen) atoms. The lowest BCUT2D eigenvalue weighted by atomic mass is 9.91. The Morgan fingerprint density at radius 2 is 1.82 bits per heavy atom. The Labute approximate surface area is 270 Å². The van der Waals surface area contributed by atoms with Gasteiger partial charge in [0.15, 0.2) is 6.10 Å². The van der Waals surface area contributed by atoms with Crippen molar-refractivity contribution in [3.8, 4) is 21.7 Å². The Kier molecular flexibility index (Phi) is 8.09. The van der Waals surface area contributed by atoms with Crippen LogP contribution in [0.15, 0.2) is 48.5 Å². The number of aliphatic carboxylic acids is 1. The fourth-order valence-electron chi connectivity index (χ4n) is 6.17. The maximum Gasteiger partial charge on any atom is 0.409 e. The van der Waals surface area contributed by atoms with Gasteiger partial charge in [-0.25, -0.2) is 14.6 Å². The summed E-state index contributed by atoms with van der Waals surface area (Å²) >= 11 is 7.77. The van der Waals surface area contributed by atoms with Crippen LogP contribution in [0.5, 0.6) is 0 Å². The highest BCUT2D eigenvalue weighted by Crippen LogP contribution is 2.45. The van der Waals surface area contributed by atoms with Crippen molar-refractivity contribution < 1.29 is 24.2 Å². The summed E-state index contributed by atoms with van der Waals surface area (Å²) in [6, 6.07) is 15.6. The maximum absolute atomic E-state index is 12.7. The largest absolute Gasteiger partial charge is 0.479 e. The Bertz CT molecular complexity index is 1940. The third-order valence-electron chi connectivity index (χ3n) is 8.15. The van der Waals surface area contributed by atoms with Gasteiger partial charge >= 0.3 is 12.1 Å². The molecular formula is C34H35ClN4O5S. The number of carboxylic acids is 1. The number of ether oxygens (including phenoxy) is 2. The minimum absolute atomic E-state index is 0.0934. The quantitative estimate of drug-likeness (QED) is 0.199. The summed E-state index contributed by atoms with van der Waals surface area (Å²) in [5, 5.41) is 17.6. The van der Waals surface area contributed by atoms with Crippen LogP contribution in [0.1, 0.15) is 56.0 Å². The molecule has 1 amide bonds. The summed E-state index contributed by atoms with van der Waals surface area (Å²) in [5.74, 6) is -0.963. The van der Waals surface area contributed by atoms with Crippen molar-refractivity contribution in [1.29, 1.82) is 0 Å². The number of fused-ring (bicyclic) bond motifs is 2. The number of carbonyl (C=O) groups excluding carboxylic acids is 1. The number of carboxylic acid groups (broad SMARTS) is 1. The first-order valence-corrected chi connectivity index (χ1v) is 15.9. The van der Waals surface area contributed by atoms with Gasteiger partial charge in [-0.3, -0.25) is 4.68 Å². The maximum atomic E-state index is 12.7. The summed E-state index contributed by atoms with van der Waals surface area (Å²) in [6.45, 7) is 8.64. The van der Waals surface area contributed by atoms with Crippen molar-refractivity contribution in [1.82, 2.24) is 19.7 Å². The highest BCUT2D eigenvalue weighted by atomic mass is 35.5. The molecule has 0 radical (unpaired) electrons. The van der Waals surface area contributed by atoms with Gasteiger partial charge in [-0.1, -0.05) is 23.7 Å².